The van der Waals surface area contributed by atoms with Gasteiger partial charge in [0, 0.05) is 31.0 Å². The van der Waals surface area contributed by atoms with Gasteiger partial charge in [0.2, 0.25) is 5.91 Å². The topological polar surface area (TPSA) is 63.9 Å². The number of rotatable bonds is 7. The van der Waals surface area contributed by atoms with E-state index in [1.54, 1.807) is 6.20 Å². The summed E-state index contributed by atoms with van der Waals surface area (Å²) in [5.41, 5.74) is 4.52. The van der Waals surface area contributed by atoms with Crippen molar-refractivity contribution in [1.29, 1.82) is 0 Å². The van der Waals surface area contributed by atoms with Crippen LogP contribution in [0.1, 0.15) is 45.2 Å². The van der Waals surface area contributed by atoms with E-state index in [0.717, 1.165) is 48.2 Å². The first kappa shape index (κ1) is 23.5. The normalized spacial score (nSPS) is 18.5. The third-order valence-corrected chi connectivity index (χ3v) is 7.20. The third-order valence-electron chi connectivity index (χ3n) is 6.29. The van der Waals surface area contributed by atoms with Crippen LogP contribution < -0.4 is 0 Å². The van der Waals surface area contributed by atoms with Crippen LogP contribution in [0.15, 0.2) is 47.9 Å². The molecule has 4 rings (SSSR count). The van der Waals surface area contributed by atoms with Gasteiger partial charge >= 0.3 is 0 Å². The van der Waals surface area contributed by atoms with Crippen LogP contribution in [0.3, 0.4) is 0 Å². The molecule has 0 spiro atoms. The number of nitrogens with zero attached hydrogens (tertiary/aromatic N) is 5. The Kier molecular flexibility index (Phi) is 7.48. The molecule has 1 aromatic carbocycles. The molecular weight excluding hydrogens is 430 g/mol. The lowest BCUT2D eigenvalue weighted by Crippen LogP contribution is -2.43. The Morgan fingerprint density at radius 3 is 2.33 bits per heavy atom. The van der Waals surface area contributed by atoms with Crippen molar-refractivity contribution in [3.05, 3.63) is 53.9 Å². The number of aryl methyl sites for hydroxylation is 2. The first-order chi connectivity index (χ1) is 16.0. The van der Waals surface area contributed by atoms with E-state index in [2.05, 4.69) is 65.6 Å². The molecule has 0 radical (unpaired) electrons. The molecule has 1 aliphatic heterocycles. The highest BCUT2D eigenvalue weighted by molar-refractivity contribution is 7.99. The molecule has 1 fully saturated rings. The Hall–Kier alpha value is -2.67. The molecule has 2 atom stereocenters. The minimum atomic E-state index is 0.176. The SMILES string of the molecule is CCc1cccc(CC)c1-n1c(SCC(=O)N2CC(C)CC(C)C2)nnc1-c1cccnc1. The van der Waals surface area contributed by atoms with Gasteiger partial charge in [-0.3, -0.25) is 14.3 Å². The second kappa shape index (κ2) is 10.5. The van der Waals surface area contributed by atoms with Crippen LogP contribution in [-0.4, -0.2) is 49.4 Å². The zero-order valence-electron chi connectivity index (χ0n) is 20.0. The maximum Gasteiger partial charge on any atom is 0.233 e. The maximum atomic E-state index is 13.1. The number of thioether (sulfide) groups is 1. The Balaban J connectivity index is 1.70. The summed E-state index contributed by atoms with van der Waals surface area (Å²) in [5, 5.41) is 9.85. The van der Waals surface area contributed by atoms with Crippen molar-refractivity contribution in [3.8, 4) is 17.1 Å². The van der Waals surface area contributed by atoms with E-state index in [1.807, 2.05) is 23.2 Å². The molecule has 0 bridgehead atoms. The van der Waals surface area contributed by atoms with E-state index < -0.39 is 0 Å². The average Bonchev–Trinajstić information content (AvgIpc) is 3.25. The van der Waals surface area contributed by atoms with E-state index in [1.165, 1.54) is 29.3 Å². The summed E-state index contributed by atoms with van der Waals surface area (Å²) in [6, 6.07) is 10.4. The standard InChI is InChI=1S/C26H33N5OS/c1-5-20-9-7-10-21(6-2)24(20)31-25(22-11-8-12-27-14-22)28-29-26(31)33-17-23(32)30-15-18(3)13-19(4)16-30/h7-12,14,18-19H,5-6,13,15-17H2,1-4H3. The minimum absolute atomic E-state index is 0.176. The average molecular weight is 464 g/mol. The summed E-state index contributed by atoms with van der Waals surface area (Å²) in [6.07, 6.45) is 6.57. The monoisotopic (exact) mass is 463 g/mol. The molecule has 0 N–H and O–H groups in total. The Morgan fingerprint density at radius 2 is 1.73 bits per heavy atom. The smallest absolute Gasteiger partial charge is 0.233 e. The van der Waals surface area contributed by atoms with Gasteiger partial charge in [-0.15, -0.1) is 10.2 Å². The van der Waals surface area contributed by atoms with Crippen molar-refractivity contribution < 1.29 is 4.79 Å². The predicted molar refractivity (Wildman–Crippen MR) is 134 cm³/mol. The number of likely N-dealkylation sites (tertiary alicyclic amines) is 1. The molecule has 7 heteroatoms. The number of benzene rings is 1. The number of aromatic nitrogens is 4. The highest BCUT2D eigenvalue weighted by atomic mass is 32.2. The fourth-order valence-corrected chi connectivity index (χ4v) is 5.67. The number of carbonyl (C=O) groups excluding carboxylic acids is 1. The molecule has 33 heavy (non-hydrogen) atoms. The van der Waals surface area contributed by atoms with Crippen molar-refractivity contribution in [2.24, 2.45) is 11.8 Å². The molecule has 1 aliphatic rings. The summed E-state index contributed by atoms with van der Waals surface area (Å²) >= 11 is 1.48. The molecule has 2 unspecified atom stereocenters. The van der Waals surface area contributed by atoms with E-state index in [9.17, 15) is 4.79 Å². The van der Waals surface area contributed by atoms with Crippen LogP contribution in [0.4, 0.5) is 0 Å². The summed E-state index contributed by atoms with van der Waals surface area (Å²) in [4.78, 5) is 19.4. The number of carbonyl (C=O) groups is 1. The van der Waals surface area contributed by atoms with Crippen molar-refractivity contribution in [3.63, 3.8) is 0 Å². The minimum Gasteiger partial charge on any atom is -0.341 e. The number of hydrogen-bond acceptors (Lipinski definition) is 5. The molecular formula is C26H33N5OS. The van der Waals surface area contributed by atoms with Crippen LogP contribution in [0, 0.1) is 11.8 Å². The zero-order chi connectivity index (χ0) is 23.4. The Morgan fingerprint density at radius 1 is 1.03 bits per heavy atom. The summed E-state index contributed by atoms with van der Waals surface area (Å²) in [5.74, 6) is 2.39. The number of amides is 1. The number of para-hydroxylation sites is 1. The lowest BCUT2D eigenvalue weighted by Gasteiger charge is -2.35. The van der Waals surface area contributed by atoms with Crippen molar-refractivity contribution >= 4 is 17.7 Å². The molecule has 174 valence electrons. The van der Waals surface area contributed by atoms with E-state index in [-0.39, 0.29) is 5.91 Å². The van der Waals surface area contributed by atoms with Gasteiger partial charge in [-0.25, -0.2) is 0 Å². The molecule has 1 saturated heterocycles. The maximum absolute atomic E-state index is 13.1. The van der Waals surface area contributed by atoms with E-state index in [0.29, 0.717) is 17.6 Å². The highest BCUT2D eigenvalue weighted by Crippen LogP contribution is 2.32. The van der Waals surface area contributed by atoms with Crippen LogP contribution in [0.2, 0.25) is 0 Å². The van der Waals surface area contributed by atoms with Crippen LogP contribution in [0.25, 0.3) is 17.1 Å². The number of hydrogen-bond donors (Lipinski definition) is 0. The number of piperidine rings is 1. The Bertz CT molecular complexity index is 1070. The fraction of sp³-hybridized carbons (Fsp3) is 0.462. The van der Waals surface area contributed by atoms with Gasteiger partial charge in [0.15, 0.2) is 11.0 Å². The molecule has 3 heterocycles. The molecule has 3 aromatic rings. The van der Waals surface area contributed by atoms with Gasteiger partial charge in [-0.05, 0) is 54.4 Å². The summed E-state index contributed by atoms with van der Waals surface area (Å²) in [7, 11) is 0. The first-order valence-electron chi connectivity index (χ1n) is 11.9. The predicted octanol–water partition coefficient (Wildman–Crippen LogP) is 5.05. The van der Waals surface area contributed by atoms with Gasteiger partial charge in [0.1, 0.15) is 0 Å². The second-order valence-corrected chi connectivity index (χ2v) is 9.99. The molecule has 1 amide bonds. The zero-order valence-corrected chi connectivity index (χ0v) is 20.8. The Labute approximate surface area is 200 Å². The second-order valence-electron chi connectivity index (χ2n) is 9.05. The largest absolute Gasteiger partial charge is 0.341 e. The molecule has 0 saturated carbocycles. The highest BCUT2D eigenvalue weighted by Gasteiger charge is 2.27. The number of pyridine rings is 1. The first-order valence-corrected chi connectivity index (χ1v) is 12.9. The van der Waals surface area contributed by atoms with Gasteiger partial charge in [-0.2, -0.15) is 0 Å². The van der Waals surface area contributed by atoms with E-state index >= 15 is 0 Å². The van der Waals surface area contributed by atoms with Crippen LogP contribution in [0.5, 0.6) is 0 Å². The molecule has 0 aliphatic carbocycles. The van der Waals surface area contributed by atoms with Crippen LogP contribution >= 0.6 is 11.8 Å². The van der Waals surface area contributed by atoms with E-state index in [4.69, 9.17) is 0 Å². The molecule has 6 nitrogen and oxygen atoms in total. The quantitative estimate of drug-likeness (QED) is 0.459. The van der Waals surface area contributed by atoms with Gasteiger partial charge in [0.25, 0.3) is 0 Å². The lowest BCUT2D eigenvalue weighted by atomic mass is 9.92. The van der Waals surface area contributed by atoms with Gasteiger partial charge in [-0.1, -0.05) is 57.7 Å². The van der Waals surface area contributed by atoms with Gasteiger partial charge in [0.05, 0.1) is 11.4 Å². The van der Waals surface area contributed by atoms with Crippen molar-refractivity contribution in [2.45, 2.75) is 52.1 Å². The summed E-state index contributed by atoms with van der Waals surface area (Å²) in [6.45, 7) is 10.5. The third kappa shape index (κ3) is 5.13. The lowest BCUT2D eigenvalue weighted by molar-refractivity contribution is -0.130. The molecule has 2 aromatic heterocycles. The van der Waals surface area contributed by atoms with Crippen molar-refractivity contribution in [2.75, 3.05) is 18.8 Å². The summed E-state index contributed by atoms with van der Waals surface area (Å²) < 4.78 is 2.13. The fourth-order valence-electron chi connectivity index (χ4n) is 4.83. The van der Waals surface area contributed by atoms with Crippen LogP contribution in [-0.2, 0) is 17.6 Å². The van der Waals surface area contributed by atoms with Crippen molar-refractivity contribution in [1.82, 2.24) is 24.6 Å². The van der Waals surface area contributed by atoms with Gasteiger partial charge < -0.3 is 4.90 Å².